The van der Waals surface area contributed by atoms with Gasteiger partial charge in [0.1, 0.15) is 17.7 Å². The van der Waals surface area contributed by atoms with Crippen LogP contribution in [0.2, 0.25) is 5.02 Å². The lowest BCUT2D eigenvalue weighted by Gasteiger charge is -2.26. The van der Waals surface area contributed by atoms with Crippen LogP contribution in [0.15, 0.2) is 52.0 Å². The molecule has 1 unspecified atom stereocenters. The van der Waals surface area contributed by atoms with Crippen LogP contribution in [0.4, 0.5) is 4.39 Å². The number of nitrogens with one attached hydrogen (secondary N) is 1. The van der Waals surface area contributed by atoms with E-state index in [1.807, 2.05) is 17.5 Å². The summed E-state index contributed by atoms with van der Waals surface area (Å²) in [4.78, 5) is 18.1. The fourth-order valence-corrected chi connectivity index (χ4v) is 3.58. The number of carbonyl (C=O) groups excluding carboxylic acids is 1. The molecule has 2 aromatic rings. The predicted molar refractivity (Wildman–Crippen MR) is 97.5 cm³/mol. The van der Waals surface area contributed by atoms with Gasteiger partial charge in [0.25, 0.3) is 0 Å². The fraction of sp³-hybridized carbons (Fsp3) is 0.222. The van der Waals surface area contributed by atoms with Crippen molar-refractivity contribution in [3.63, 3.8) is 0 Å². The summed E-state index contributed by atoms with van der Waals surface area (Å²) in [5.74, 6) is -0.263. The number of ether oxygens (including phenoxy) is 1. The van der Waals surface area contributed by atoms with Gasteiger partial charge in [-0.1, -0.05) is 23.7 Å². The van der Waals surface area contributed by atoms with Crippen molar-refractivity contribution >= 4 is 34.7 Å². The van der Waals surface area contributed by atoms with Gasteiger partial charge in [-0.2, -0.15) is 0 Å². The number of amidine groups is 1. The Bertz CT molecular complexity index is 862. The lowest BCUT2D eigenvalue weighted by atomic mass is 9.95. The van der Waals surface area contributed by atoms with Gasteiger partial charge in [0.05, 0.1) is 17.1 Å². The molecular formula is C18H16ClFN2O2S. The summed E-state index contributed by atoms with van der Waals surface area (Å²) in [5.41, 5.74) is 1.57. The van der Waals surface area contributed by atoms with Gasteiger partial charge < -0.3 is 10.1 Å². The number of hydrogen-bond acceptors (Lipinski definition) is 5. The maximum Gasteiger partial charge on any atom is 0.338 e. The number of rotatable bonds is 4. The Balaban J connectivity index is 2.11. The molecule has 0 spiro atoms. The van der Waals surface area contributed by atoms with Crippen LogP contribution in [0.1, 0.15) is 30.3 Å². The van der Waals surface area contributed by atoms with Crippen LogP contribution < -0.4 is 5.32 Å². The highest BCUT2D eigenvalue weighted by molar-refractivity contribution is 7.12. The van der Waals surface area contributed by atoms with E-state index >= 15 is 0 Å². The summed E-state index contributed by atoms with van der Waals surface area (Å²) in [6.45, 7) is 3.78. The van der Waals surface area contributed by atoms with Crippen LogP contribution in [-0.2, 0) is 9.53 Å². The lowest BCUT2D eigenvalue weighted by molar-refractivity contribution is -0.138. The van der Waals surface area contributed by atoms with Crippen molar-refractivity contribution in [2.24, 2.45) is 4.99 Å². The summed E-state index contributed by atoms with van der Waals surface area (Å²) >= 11 is 7.76. The van der Waals surface area contributed by atoms with E-state index < -0.39 is 17.8 Å². The van der Waals surface area contributed by atoms with E-state index in [9.17, 15) is 9.18 Å². The molecule has 1 aliphatic heterocycles. The molecule has 0 saturated carbocycles. The van der Waals surface area contributed by atoms with Gasteiger partial charge in [0.2, 0.25) is 0 Å². The molecule has 3 rings (SSSR count). The van der Waals surface area contributed by atoms with Gasteiger partial charge in [0.15, 0.2) is 0 Å². The SMILES string of the molecule is CCOC(=O)C1=C(C)NC(c2cccs2)=NC1c1ccc(F)cc1Cl. The summed E-state index contributed by atoms with van der Waals surface area (Å²) < 4.78 is 18.6. The fourth-order valence-electron chi connectivity index (χ4n) is 2.64. The molecule has 7 heteroatoms. The summed E-state index contributed by atoms with van der Waals surface area (Å²) in [6.07, 6.45) is 0. The Morgan fingerprint density at radius 2 is 2.24 bits per heavy atom. The molecule has 0 fully saturated rings. The maximum absolute atomic E-state index is 13.4. The van der Waals surface area contributed by atoms with E-state index in [4.69, 9.17) is 16.3 Å². The first-order valence-corrected chi connectivity index (χ1v) is 8.98. The molecule has 0 bridgehead atoms. The summed E-state index contributed by atoms with van der Waals surface area (Å²) in [5, 5.41) is 5.32. The van der Waals surface area contributed by atoms with E-state index in [-0.39, 0.29) is 11.6 Å². The molecule has 0 amide bonds. The normalized spacial score (nSPS) is 17.1. The lowest BCUT2D eigenvalue weighted by Crippen LogP contribution is -2.32. The maximum atomic E-state index is 13.4. The topological polar surface area (TPSA) is 50.7 Å². The summed E-state index contributed by atoms with van der Waals surface area (Å²) in [6, 6.07) is 7.27. The van der Waals surface area contributed by atoms with Crippen molar-refractivity contribution in [3.05, 3.63) is 68.3 Å². The first-order valence-electron chi connectivity index (χ1n) is 7.72. The van der Waals surface area contributed by atoms with E-state index in [0.29, 0.717) is 22.7 Å². The van der Waals surface area contributed by atoms with Crippen molar-refractivity contribution in [2.75, 3.05) is 6.61 Å². The minimum absolute atomic E-state index is 0.218. The van der Waals surface area contributed by atoms with Gasteiger partial charge in [-0.05, 0) is 37.4 Å². The van der Waals surface area contributed by atoms with E-state index in [2.05, 4.69) is 10.3 Å². The first kappa shape index (κ1) is 17.6. The summed E-state index contributed by atoms with van der Waals surface area (Å²) in [7, 11) is 0. The number of benzene rings is 1. The zero-order chi connectivity index (χ0) is 18.0. The van der Waals surface area contributed by atoms with Gasteiger partial charge >= 0.3 is 5.97 Å². The highest BCUT2D eigenvalue weighted by Crippen LogP contribution is 2.36. The van der Waals surface area contributed by atoms with Crippen LogP contribution in [0.25, 0.3) is 0 Å². The number of hydrogen-bond donors (Lipinski definition) is 1. The van der Waals surface area contributed by atoms with Gasteiger partial charge in [-0.3, -0.25) is 4.99 Å². The third-order valence-electron chi connectivity index (χ3n) is 3.75. The highest BCUT2D eigenvalue weighted by Gasteiger charge is 2.32. The van der Waals surface area contributed by atoms with Crippen molar-refractivity contribution in [3.8, 4) is 0 Å². The Kier molecular flexibility index (Phi) is 5.20. The molecular weight excluding hydrogens is 363 g/mol. The first-order chi connectivity index (χ1) is 12.0. The number of carbonyl (C=O) groups is 1. The number of halogens is 2. The van der Waals surface area contributed by atoms with Gasteiger partial charge in [-0.25, -0.2) is 9.18 Å². The average Bonchev–Trinajstić information content (AvgIpc) is 3.08. The molecule has 1 aromatic heterocycles. The molecule has 0 aliphatic carbocycles. The molecule has 130 valence electrons. The Morgan fingerprint density at radius 3 is 2.88 bits per heavy atom. The second-order valence-electron chi connectivity index (χ2n) is 5.41. The zero-order valence-corrected chi connectivity index (χ0v) is 15.2. The molecule has 1 aliphatic rings. The zero-order valence-electron chi connectivity index (χ0n) is 13.7. The van der Waals surface area contributed by atoms with Crippen LogP contribution in [0.5, 0.6) is 0 Å². The van der Waals surface area contributed by atoms with Crippen LogP contribution in [0.3, 0.4) is 0 Å². The number of nitrogens with zero attached hydrogens (tertiary/aromatic N) is 1. The van der Waals surface area contributed by atoms with Crippen molar-refractivity contribution in [1.82, 2.24) is 5.32 Å². The number of aliphatic imine (C=N–C) groups is 1. The number of allylic oxidation sites excluding steroid dienone is 1. The van der Waals surface area contributed by atoms with Gasteiger partial charge in [0, 0.05) is 16.3 Å². The Labute approximate surface area is 154 Å². The molecule has 1 N–H and O–H groups in total. The van der Waals surface area contributed by atoms with E-state index in [1.54, 1.807) is 19.9 Å². The minimum Gasteiger partial charge on any atom is -0.463 e. The molecule has 0 radical (unpaired) electrons. The molecule has 1 aromatic carbocycles. The van der Waals surface area contributed by atoms with Crippen LogP contribution >= 0.6 is 22.9 Å². The van der Waals surface area contributed by atoms with Crippen molar-refractivity contribution in [2.45, 2.75) is 19.9 Å². The van der Waals surface area contributed by atoms with Gasteiger partial charge in [-0.15, -0.1) is 11.3 Å². The Hall–Kier alpha value is -2.18. The molecule has 25 heavy (non-hydrogen) atoms. The average molecular weight is 379 g/mol. The third kappa shape index (κ3) is 3.60. The Morgan fingerprint density at radius 1 is 1.44 bits per heavy atom. The van der Waals surface area contributed by atoms with Crippen molar-refractivity contribution < 1.29 is 13.9 Å². The molecule has 1 atom stereocenters. The highest BCUT2D eigenvalue weighted by atomic mass is 35.5. The molecule has 4 nitrogen and oxygen atoms in total. The number of esters is 1. The number of thiophene rings is 1. The standard InChI is InChI=1S/C18H16ClFN2O2S/c1-3-24-18(23)15-10(2)21-17(14-5-4-8-25-14)22-16(15)12-7-6-11(20)9-13(12)19/h4-9,16H,3H2,1-2H3,(H,21,22). The third-order valence-corrected chi connectivity index (χ3v) is 4.95. The smallest absolute Gasteiger partial charge is 0.338 e. The van der Waals surface area contributed by atoms with E-state index in [0.717, 1.165) is 4.88 Å². The van der Waals surface area contributed by atoms with Crippen molar-refractivity contribution in [1.29, 1.82) is 0 Å². The minimum atomic E-state index is -0.662. The monoisotopic (exact) mass is 378 g/mol. The van der Waals surface area contributed by atoms with Crippen LogP contribution in [-0.4, -0.2) is 18.4 Å². The molecule has 2 heterocycles. The quantitative estimate of drug-likeness (QED) is 0.798. The second kappa shape index (κ2) is 7.37. The predicted octanol–water partition coefficient (Wildman–Crippen LogP) is 4.47. The molecule has 0 saturated heterocycles. The van der Waals surface area contributed by atoms with E-state index in [1.165, 1.54) is 23.5 Å². The second-order valence-corrected chi connectivity index (χ2v) is 6.76. The van der Waals surface area contributed by atoms with Crippen LogP contribution in [0, 0.1) is 5.82 Å². The largest absolute Gasteiger partial charge is 0.463 e.